The van der Waals surface area contributed by atoms with Crippen molar-refractivity contribution in [1.29, 1.82) is 0 Å². The lowest BCUT2D eigenvalue weighted by atomic mass is 10.1. The standard InChI is InChI=1S/C17H15FO3/c1-11-3-7-14(18)16(9-11)21-15-10-13(5-4-12(15)2)6-8-17(19)20/h3-10H,1-2H3,(H,19,20)/b8-6+. The molecule has 4 heteroatoms. The first-order valence-corrected chi connectivity index (χ1v) is 6.41. The number of hydrogen-bond acceptors (Lipinski definition) is 2. The van der Waals surface area contributed by atoms with Crippen LogP contribution in [0.5, 0.6) is 11.5 Å². The van der Waals surface area contributed by atoms with Gasteiger partial charge in [0.15, 0.2) is 11.6 Å². The molecular formula is C17H15FO3. The maximum Gasteiger partial charge on any atom is 0.328 e. The number of carboxylic acids is 1. The minimum atomic E-state index is -1.03. The lowest BCUT2D eigenvalue weighted by Gasteiger charge is -2.11. The fraction of sp³-hybridized carbons (Fsp3) is 0.118. The van der Waals surface area contributed by atoms with Crippen LogP contribution in [0.1, 0.15) is 16.7 Å². The minimum absolute atomic E-state index is 0.150. The molecule has 1 N–H and O–H groups in total. The second kappa shape index (κ2) is 6.22. The summed E-state index contributed by atoms with van der Waals surface area (Å²) in [6, 6.07) is 9.89. The Morgan fingerprint density at radius 1 is 1.14 bits per heavy atom. The van der Waals surface area contributed by atoms with Crippen LogP contribution >= 0.6 is 0 Å². The van der Waals surface area contributed by atoms with Gasteiger partial charge >= 0.3 is 5.97 Å². The zero-order chi connectivity index (χ0) is 15.4. The lowest BCUT2D eigenvalue weighted by Crippen LogP contribution is -1.92. The van der Waals surface area contributed by atoms with Gasteiger partial charge in [0.2, 0.25) is 0 Å². The van der Waals surface area contributed by atoms with E-state index in [2.05, 4.69) is 0 Å². The molecule has 0 aliphatic rings. The van der Waals surface area contributed by atoms with Crippen molar-refractivity contribution in [3.05, 3.63) is 65.0 Å². The number of carbonyl (C=O) groups is 1. The summed E-state index contributed by atoms with van der Waals surface area (Å²) in [6.45, 7) is 3.69. The molecule has 0 bridgehead atoms. The summed E-state index contributed by atoms with van der Waals surface area (Å²) in [4.78, 5) is 10.5. The lowest BCUT2D eigenvalue weighted by molar-refractivity contribution is -0.131. The van der Waals surface area contributed by atoms with Gasteiger partial charge in [-0.05, 0) is 54.8 Å². The van der Waals surface area contributed by atoms with Gasteiger partial charge in [-0.1, -0.05) is 18.2 Å². The number of aryl methyl sites for hydroxylation is 2. The van der Waals surface area contributed by atoms with Crippen LogP contribution in [0.4, 0.5) is 4.39 Å². The van der Waals surface area contributed by atoms with Crippen LogP contribution in [-0.2, 0) is 4.79 Å². The highest BCUT2D eigenvalue weighted by molar-refractivity contribution is 5.85. The van der Waals surface area contributed by atoms with E-state index in [0.29, 0.717) is 11.3 Å². The highest BCUT2D eigenvalue weighted by atomic mass is 19.1. The number of benzene rings is 2. The zero-order valence-corrected chi connectivity index (χ0v) is 11.8. The predicted octanol–water partition coefficient (Wildman–Crippen LogP) is 4.33. The summed E-state index contributed by atoms with van der Waals surface area (Å²) in [5, 5.41) is 8.63. The van der Waals surface area contributed by atoms with Gasteiger partial charge in [0.1, 0.15) is 5.75 Å². The first-order valence-electron chi connectivity index (χ1n) is 6.41. The van der Waals surface area contributed by atoms with Gasteiger partial charge in [-0.2, -0.15) is 0 Å². The van der Waals surface area contributed by atoms with Gasteiger partial charge in [-0.3, -0.25) is 0 Å². The van der Waals surface area contributed by atoms with Gasteiger partial charge in [0, 0.05) is 6.08 Å². The van der Waals surface area contributed by atoms with Crippen LogP contribution in [-0.4, -0.2) is 11.1 Å². The SMILES string of the molecule is Cc1ccc(F)c(Oc2cc(/C=C/C(=O)O)ccc2C)c1. The summed E-state index contributed by atoms with van der Waals surface area (Å²) in [5.41, 5.74) is 2.40. The van der Waals surface area contributed by atoms with Gasteiger partial charge in [0.05, 0.1) is 0 Å². The van der Waals surface area contributed by atoms with Gasteiger partial charge in [-0.25, -0.2) is 9.18 Å². The Balaban J connectivity index is 2.33. The van der Waals surface area contributed by atoms with E-state index in [1.165, 1.54) is 12.1 Å². The third kappa shape index (κ3) is 3.92. The molecule has 0 atom stereocenters. The summed E-state index contributed by atoms with van der Waals surface area (Å²) in [5.74, 6) is -0.821. The summed E-state index contributed by atoms with van der Waals surface area (Å²) < 4.78 is 19.3. The largest absolute Gasteiger partial charge is 0.478 e. The van der Waals surface area contributed by atoms with Crippen molar-refractivity contribution in [3.8, 4) is 11.5 Å². The van der Waals surface area contributed by atoms with E-state index in [1.807, 2.05) is 13.8 Å². The van der Waals surface area contributed by atoms with E-state index in [4.69, 9.17) is 9.84 Å². The van der Waals surface area contributed by atoms with Crippen LogP contribution < -0.4 is 4.74 Å². The fourth-order valence-corrected chi connectivity index (χ4v) is 1.81. The first kappa shape index (κ1) is 14.8. The summed E-state index contributed by atoms with van der Waals surface area (Å²) in [7, 11) is 0. The molecule has 108 valence electrons. The highest BCUT2D eigenvalue weighted by Crippen LogP contribution is 2.29. The molecule has 0 amide bonds. The van der Waals surface area contributed by atoms with Gasteiger partial charge < -0.3 is 9.84 Å². The van der Waals surface area contributed by atoms with Crippen molar-refractivity contribution in [2.45, 2.75) is 13.8 Å². The van der Waals surface area contributed by atoms with Crippen molar-refractivity contribution in [1.82, 2.24) is 0 Å². The summed E-state index contributed by atoms with van der Waals surface area (Å²) in [6.07, 6.45) is 2.50. The van der Waals surface area contributed by atoms with E-state index in [-0.39, 0.29) is 5.75 Å². The van der Waals surface area contributed by atoms with Crippen molar-refractivity contribution >= 4 is 12.0 Å². The molecule has 0 saturated heterocycles. The van der Waals surface area contributed by atoms with Crippen LogP contribution in [0.25, 0.3) is 6.08 Å². The quantitative estimate of drug-likeness (QED) is 0.851. The van der Waals surface area contributed by atoms with Crippen molar-refractivity contribution in [2.75, 3.05) is 0 Å². The highest BCUT2D eigenvalue weighted by Gasteiger charge is 2.07. The molecule has 0 spiro atoms. The number of ether oxygens (including phenoxy) is 1. The Bertz CT molecular complexity index is 705. The fourth-order valence-electron chi connectivity index (χ4n) is 1.81. The summed E-state index contributed by atoms with van der Waals surface area (Å²) >= 11 is 0. The van der Waals surface area contributed by atoms with E-state index >= 15 is 0 Å². The van der Waals surface area contributed by atoms with E-state index in [9.17, 15) is 9.18 Å². The van der Waals surface area contributed by atoms with Crippen molar-refractivity contribution < 1.29 is 19.0 Å². The maximum atomic E-state index is 13.7. The van der Waals surface area contributed by atoms with Crippen molar-refractivity contribution in [3.63, 3.8) is 0 Å². The molecule has 0 aliphatic heterocycles. The second-order valence-electron chi connectivity index (χ2n) is 4.73. The zero-order valence-electron chi connectivity index (χ0n) is 11.8. The number of aliphatic carboxylic acids is 1. The number of halogens is 1. The van der Waals surface area contributed by atoms with Crippen LogP contribution in [0.2, 0.25) is 0 Å². The molecule has 2 aromatic rings. The molecule has 0 aliphatic carbocycles. The van der Waals surface area contributed by atoms with E-state index in [1.54, 1.807) is 30.3 Å². The Morgan fingerprint density at radius 3 is 2.62 bits per heavy atom. The number of rotatable bonds is 4. The molecule has 3 nitrogen and oxygen atoms in total. The molecule has 2 aromatic carbocycles. The molecule has 0 radical (unpaired) electrons. The van der Waals surface area contributed by atoms with Crippen molar-refractivity contribution in [2.24, 2.45) is 0 Å². The van der Waals surface area contributed by atoms with Gasteiger partial charge in [0.25, 0.3) is 0 Å². The Labute approximate surface area is 122 Å². The maximum absolute atomic E-state index is 13.7. The third-order valence-electron chi connectivity index (χ3n) is 2.94. The average Bonchev–Trinajstić information content (AvgIpc) is 2.43. The van der Waals surface area contributed by atoms with Gasteiger partial charge in [-0.15, -0.1) is 0 Å². The minimum Gasteiger partial charge on any atom is -0.478 e. The Kier molecular flexibility index (Phi) is 4.38. The molecule has 2 rings (SSSR count). The van der Waals surface area contributed by atoms with E-state index < -0.39 is 11.8 Å². The smallest absolute Gasteiger partial charge is 0.328 e. The molecule has 0 heterocycles. The van der Waals surface area contributed by atoms with E-state index in [0.717, 1.165) is 17.2 Å². The van der Waals surface area contributed by atoms with Crippen LogP contribution in [0, 0.1) is 19.7 Å². The Morgan fingerprint density at radius 2 is 1.90 bits per heavy atom. The monoisotopic (exact) mass is 286 g/mol. The third-order valence-corrected chi connectivity index (χ3v) is 2.94. The number of carboxylic acid groups (broad SMARTS) is 1. The van der Waals surface area contributed by atoms with Crippen LogP contribution in [0.15, 0.2) is 42.5 Å². The molecule has 0 aromatic heterocycles. The Hall–Kier alpha value is -2.62. The molecule has 0 saturated carbocycles. The normalized spacial score (nSPS) is 10.8. The van der Waals surface area contributed by atoms with Crippen LogP contribution in [0.3, 0.4) is 0 Å². The second-order valence-corrected chi connectivity index (χ2v) is 4.73. The first-order chi connectivity index (χ1) is 9.95. The topological polar surface area (TPSA) is 46.5 Å². The average molecular weight is 286 g/mol. The molecular weight excluding hydrogens is 271 g/mol. The number of hydrogen-bond donors (Lipinski definition) is 1. The molecule has 21 heavy (non-hydrogen) atoms. The predicted molar refractivity (Wildman–Crippen MR) is 79.1 cm³/mol. The molecule has 0 unspecified atom stereocenters. The molecule has 0 fully saturated rings.